The van der Waals surface area contributed by atoms with Crippen molar-refractivity contribution in [1.82, 2.24) is 4.57 Å². The Morgan fingerprint density at radius 1 is 0.903 bits per heavy atom. The Labute approximate surface area is 183 Å². The molecule has 162 valence electrons. The molecule has 1 atom stereocenters. The zero-order chi connectivity index (χ0) is 22.3. The van der Waals surface area contributed by atoms with Crippen molar-refractivity contribution in [3.8, 4) is 0 Å². The van der Waals surface area contributed by atoms with Gasteiger partial charge in [-0.15, -0.1) is 0 Å². The molecular formula is C25H28N2O3S. The molecule has 0 aliphatic rings. The van der Waals surface area contributed by atoms with Crippen LogP contribution in [-0.4, -0.2) is 37.0 Å². The lowest BCUT2D eigenvalue weighted by molar-refractivity contribution is 0.166. The van der Waals surface area contributed by atoms with Crippen LogP contribution in [0.25, 0.3) is 21.8 Å². The lowest BCUT2D eigenvalue weighted by atomic mass is 10.0. The fourth-order valence-corrected chi connectivity index (χ4v) is 5.68. The Kier molecular flexibility index (Phi) is 5.54. The van der Waals surface area contributed by atoms with Crippen molar-refractivity contribution in [1.29, 1.82) is 0 Å². The van der Waals surface area contributed by atoms with E-state index in [4.69, 9.17) is 0 Å². The summed E-state index contributed by atoms with van der Waals surface area (Å²) in [5.74, 6) is 0. The first-order chi connectivity index (χ1) is 14.7. The van der Waals surface area contributed by atoms with Crippen LogP contribution in [0.4, 0.5) is 5.69 Å². The van der Waals surface area contributed by atoms with Crippen molar-refractivity contribution in [2.24, 2.45) is 0 Å². The molecule has 1 aromatic heterocycles. The molecular weight excluding hydrogens is 408 g/mol. The molecule has 1 heterocycles. The highest BCUT2D eigenvalue weighted by atomic mass is 32.2. The molecule has 0 aliphatic heterocycles. The summed E-state index contributed by atoms with van der Waals surface area (Å²) in [6, 6.07) is 20.1. The second-order valence-corrected chi connectivity index (χ2v) is 10.2. The van der Waals surface area contributed by atoms with Crippen LogP contribution in [0, 0.1) is 20.8 Å². The average Bonchev–Trinajstić information content (AvgIpc) is 3.00. The maximum absolute atomic E-state index is 12.7. The number of aromatic nitrogens is 1. The van der Waals surface area contributed by atoms with E-state index in [-0.39, 0.29) is 6.54 Å². The Morgan fingerprint density at radius 3 is 1.87 bits per heavy atom. The van der Waals surface area contributed by atoms with Gasteiger partial charge in [0.25, 0.3) is 0 Å². The number of anilines is 1. The van der Waals surface area contributed by atoms with Crippen molar-refractivity contribution in [2.75, 3.05) is 17.1 Å². The molecule has 0 saturated carbocycles. The monoisotopic (exact) mass is 436 g/mol. The molecule has 3 aromatic carbocycles. The van der Waals surface area contributed by atoms with E-state index in [2.05, 4.69) is 16.7 Å². The maximum Gasteiger partial charge on any atom is 0.232 e. The van der Waals surface area contributed by atoms with Crippen LogP contribution in [0.5, 0.6) is 0 Å². The summed E-state index contributed by atoms with van der Waals surface area (Å²) in [6.07, 6.45) is 0.313. The second-order valence-electron chi connectivity index (χ2n) is 8.34. The number of aliphatic hydroxyl groups is 1. The lowest BCUT2D eigenvalue weighted by Gasteiger charge is -2.28. The van der Waals surface area contributed by atoms with Crippen molar-refractivity contribution >= 4 is 37.5 Å². The molecule has 0 unspecified atom stereocenters. The molecule has 0 fully saturated rings. The Hall–Kier alpha value is -2.83. The molecule has 0 bridgehead atoms. The molecule has 4 rings (SSSR count). The van der Waals surface area contributed by atoms with E-state index in [1.54, 1.807) is 0 Å². The summed E-state index contributed by atoms with van der Waals surface area (Å²) in [4.78, 5) is 0. The molecule has 5 nitrogen and oxygen atoms in total. The normalized spacial score (nSPS) is 13.1. The Bertz CT molecular complexity index is 1300. The Balaban J connectivity index is 1.73. The second kappa shape index (κ2) is 8.02. The van der Waals surface area contributed by atoms with E-state index >= 15 is 0 Å². The molecule has 1 N–H and O–H groups in total. The molecule has 0 amide bonds. The van der Waals surface area contributed by atoms with Gasteiger partial charge in [-0.25, -0.2) is 8.42 Å². The van der Waals surface area contributed by atoms with Crippen molar-refractivity contribution in [3.05, 3.63) is 77.4 Å². The first-order valence-corrected chi connectivity index (χ1v) is 12.2. The zero-order valence-electron chi connectivity index (χ0n) is 18.3. The van der Waals surface area contributed by atoms with E-state index in [0.29, 0.717) is 12.2 Å². The summed E-state index contributed by atoms with van der Waals surface area (Å²) in [7, 11) is -3.57. The summed E-state index contributed by atoms with van der Waals surface area (Å²) in [5, 5.41) is 13.3. The number of fused-ring (bicyclic) bond motifs is 3. The van der Waals surface area contributed by atoms with Gasteiger partial charge >= 0.3 is 0 Å². The predicted molar refractivity (Wildman–Crippen MR) is 128 cm³/mol. The third-order valence-corrected chi connectivity index (χ3v) is 6.87. The van der Waals surface area contributed by atoms with Crippen molar-refractivity contribution < 1.29 is 13.5 Å². The van der Waals surface area contributed by atoms with E-state index in [1.165, 1.54) is 10.6 Å². The summed E-state index contributed by atoms with van der Waals surface area (Å²) in [5.41, 5.74) is 5.54. The van der Waals surface area contributed by atoms with Gasteiger partial charge in [-0.3, -0.25) is 4.31 Å². The highest BCUT2D eigenvalue weighted by molar-refractivity contribution is 7.92. The van der Waals surface area contributed by atoms with Gasteiger partial charge in [-0.05, 0) is 44.0 Å². The first kappa shape index (κ1) is 21.4. The van der Waals surface area contributed by atoms with Crippen LogP contribution < -0.4 is 4.31 Å². The van der Waals surface area contributed by atoms with Crippen LogP contribution >= 0.6 is 0 Å². The van der Waals surface area contributed by atoms with Gasteiger partial charge in [0.15, 0.2) is 0 Å². The van der Waals surface area contributed by atoms with Crippen molar-refractivity contribution in [2.45, 2.75) is 33.4 Å². The largest absolute Gasteiger partial charge is 0.389 e. The smallest absolute Gasteiger partial charge is 0.232 e. The van der Waals surface area contributed by atoms with Gasteiger partial charge in [0.2, 0.25) is 10.0 Å². The van der Waals surface area contributed by atoms with Crippen LogP contribution in [0.3, 0.4) is 0 Å². The van der Waals surface area contributed by atoms with Gasteiger partial charge in [0.05, 0.1) is 31.1 Å². The van der Waals surface area contributed by atoms with Crippen LogP contribution in [0.15, 0.2) is 60.7 Å². The van der Waals surface area contributed by atoms with Gasteiger partial charge in [-0.2, -0.15) is 0 Å². The van der Waals surface area contributed by atoms with Gasteiger partial charge in [0.1, 0.15) is 0 Å². The number of nitrogens with zero attached hydrogens (tertiary/aromatic N) is 2. The molecule has 0 radical (unpaired) electrons. The fourth-order valence-electron chi connectivity index (χ4n) is 4.62. The average molecular weight is 437 g/mol. The molecule has 31 heavy (non-hydrogen) atoms. The number of hydrogen-bond acceptors (Lipinski definition) is 3. The fraction of sp³-hybridized carbons (Fsp3) is 0.280. The summed E-state index contributed by atoms with van der Waals surface area (Å²) < 4.78 is 28.8. The number of aryl methyl sites for hydroxylation is 3. The van der Waals surface area contributed by atoms with Crippen LogP contribution in [0.2, 0.25) is 0 Å². The minimum Gasteiger partial charge on any atom is -0.389 e. The number of para-hydroxylation sites is 2. The van der Waals surface area contributed by atoms with Crippen LogP contribution in [0.1, 0.15) is 16.7 Å². The molecule has 4 aromatic rings. The third kappa shape index (κ3) is 4.05. The first-order valence-electron chi connectivity index (χ1n) is 10.4. The van der Waals surface area contributed by atoms with Crippen molar-refractivity contribution in [3.63, 3.8) is 0 Å². The highest BCUT2D eigenvalue weighted by Gasteiger charge is 2.25. The lowest BCUT2D eigenvalue weighted by Crippen LogP contribution is -2.39. The summed E-state index contributed by atoms with van der Waals surface area (Å²) >= 11 is 0. The van der Waals surface area contributed by atoms with E-state index in [1.807, 2.05) is 69.3 Å². The number of benzene rings is 3. The standard InChI is InChI=1S/C25H28N2O3S/c1-17-13-18(2)25(19(3)14-17)27(31(4,29)30)16-20(28)15-26-23-11-7-5-9-21(23)22-10-6-8-12-24(22)26/h5-14,20,28H,15-16H2,1-4H3/t20-/m1/s1. The number of hydrogen-bond donors (Lipinski definition) is 1. The quantitative estimate of drug-likeness (QED) is 0.482. The molecule has 0 saturated heterocycles. The maximum atomic E-state index is 12.7. The minimum absolute atomic E-state index is 0.00952. The van der Waals surface area contributed by atoms with E-state index in [9.17, 15) is 13.5 Å². The molecule has 6 heteroatoms. The summed E-state index contributed by atoms with van der Waals surface area (Å²) in [6.45, 7) is 6.10. The number of sulfonamides is 1. The third-order valence-electron chi connectivity index (χ3n) is 5.73. The van der Waals surface area contributed by atoms with Gasteiger partial charge in [-0.1, -0.05) is 54.1 Å². The predicted octanol–water partition coefficient (Wildman–Crippen LogP) is 4.55. The minimum atomic E-state index is -3.57. The number of rotatable bonds is 6. The highest BCUT2D eigenvalue weighted by Crippen LogP contribution is 2.31. The molecule has 0 aliphatic carbocycles. The van der Waals surface area contributed by atoms with E-state index < -0.39 is 16.1 Å². The van der Waals surface area contributed by atoms with Gasteiger partial charge < -0.3 is 9.67 Å². The SMILES string of the molecule is Cc1cc(C)c(N(C[C@H](O)Cn2c3ccccc3c3ccccc32)S(C)(=O)=O)c(C)c1. The topological polar surface area (TPSA) is 62.5 Å². The van der Waals surface area contributed by atoms with E-state index in [0.717, 1.165) is 38.5 Å². The zero-order valence-corrected chi connectivity index (χ0v) is 19.1. The Morgan fingerprint density at radius 2 is 1.39 bits per heavy atom. The van der Waals surface area contributed by atoms with Crippen LogP contribution in [-0.2, 0) is 16.6 Å². The number of aliphatic hydroxyl groups excluding tert-OH is 1. The molecule has 0 spiro atoms. The van der Waals surface area contributed by atoms with Gasteiger partial charge in [0, 0.05) is 21.8 Å².